The van der Waals surface area contributed by atoms with E-state index in [0.717, 1.165) is 35.6 Å². The number of fused-ring (bicyclic) bond motifs is 2. The van der Waals surface area contributed by atoms with E-state index in [9.17, 15) is 9.59 Å². The lowest BCUT2D eigenvalue weighted by atomic mass is 10.1. The first kappa shape index (κ1) is 21.4. The van der Waals surface area contributed by atoms with E-state index in [1.165, 1.54) is 0 Å². The zero-order valence-corrected chi connectivity index (χ0v) is 19.1. The molecular weight excluding hydrogens is 452 g/mol. The third-order valence-corrected chi connectivity index (χ3v) is 6.42. The van der Waals surface area contributed by atoms with Gasteiger partial charge in [-0.1, -0.05) is 0 Å². The van der Waals surface area contributed by atoms with Crippen molar-refractivity contribution in [2.24, 2.45) is 0 Å². The molecule has 3 aromatic rings. The fraction of sp³-hybridized carbons (Fsp3) is 0.333. The van der Waals surface area contributed by atoms with Crippen molar-refractivity contribution in [1.29, 1.82) is 0 Å². The largest absolute Gasteiger partial charge is 0.497 e. The molecular formula is C24H24N6O5. The van der Waals surface area contributed by atoms with E-state index in [1.54, 1.807) is 36.5 Å². The fourth-order valence-electron chi connectivity index (χ4n) is 4.56. The van der Waals surface area contributed by atoms with Gasteiger partial charge in [0.05, 0.1) is 24.9 Å². The van der Waals surface area contributed by atoms with Crippen molar-refractivity contribution in [1.82, 2.24) is 15.3 Å². The molecule has 11 nitrogen and oxygen atoms in total. The second-order valence-corrected chi connectivity index (χ2v) is 8.72. The van der Waals surface area contributed by atoms with Gasteiger partial charge in [0.1, 0.15) is 29.7 Å². The zero-order valence-electron chi connectivity index (χ0n) is 19.1. The first-order valence-corrected chi connectivity index (χ1v) is 11.4. The molecule has 2 saturated heterocycles. The Labute approximate surface area is 201 Å². The Morgan fingerprint density at radius 1 is 1.14 bits per heavy atom. The maximum atomic E-state index is 12.5. The number of ether oxygens (including phenoxy) is 3. The molecule has 2 N–H and O–H groups in total. The van der Waals surface area contributed by atoms with E-state index in [0.29, 0.717) is 30.2 Å². The van der Waals surface area contributed by atoms with Gasteiger partial charge in [0.15, 0.2) is 6.61 Å². The number of methoxy groups -OCH3 is 1. The molecule has 0 radical (unpaired) electrons. The zero-order chi connectivity index (χ0) is 23.9. The van der Waals surface area contributed by atoms with Crippen LogP contribution < -0.4 is 29.9 Å². The molecule has 2 amide bonds. The first-order valence-electron chi connectivity index (χ1n) is 11.4. The Balaban J connectivity index is 1.05. The minimum atomic E-state index is -0.406. The molecule has 11 heteroatoms. The van der Waals surface area contributed by atoms with Gasteiger partial charge < -0.3 is 29.7 Å². The summed E-state index contributed by atoms with van der Waals surface area (Å²) < 4.78 is 16.3. The van der Waals surface area contributed by atoms with Crippen LogP contribution in [0, 0.1) is 0 Å². The molecule has 4 heterocycles. The molecule has 1 atom stereocenters. The lowest BCUT2D eigenvalue weighted by Crippen LogP contribution is -2.59. The highest BCUT2D eigenvalue weighted by atomic mass is 16.6. The summed E-state index contributed by atoms with van der Waals surface area (Å²) in [4.78, 5) is 36.7. The van der Waals surface area contributed by atoms with Gasteiger partial charge in [-0.15, -0.1) is 0 Å². The molecule has 0 saturated carbocycles. The van der Waals surface area contributed by atoms with Crippen LogP contribution in [0.5, 0.6) is 11.5 Å². The van der Waals surface area contributed by atoms with E-state index >= 15 is 0 Å². The average Bonchev–Trinajstić information content (AvgIpc) is 3.22. The van der Waals surface area contributed by atoms with Crippen LogP contribution >= 0.6 is 0 Å². The van der Waals surface area contributed by atoms with Crippen molar-refractivity contribution in [2.45, 2.75) is 12.1 Å². The minimum absolute atomic E-state index is 0.00786. The topological polar surface area (TPSA) is 118 Å². The number of carbonyl (C=O) groups excluding carboxylic acids is 2. The Hall–Kier alpha value is -4.12. The van der Waals surface area contributed by atoms with Gasteiger partial charge in [-0.25, -0.2) is 14.8 Å². The van der Waals surface area contributed by atoms with Crippen molar-refractivity contribution in [2.75, 3.05) is 55.0 Å². The molecule has 0 spiro atoms. The summed E-state index contributed by atoms with van der Waals surface area (Å²) in [5, 5.41) is 7.21. The van der Waals surface area contributed by atoms with Gasteiger partial charge in [0.25, 0.3) is 5.91 Å². The summed E-state index contributed by atoms with van der Waals surface area (Å²) in [7, 11) is 1.64. The maximum absolute atomic E-state index is 12.5. The van der Waals surface area contributed by atoms with Gasteiger partial charge in [-0.3, -0.25) is 9.69 Å². The van der Waals surface area contributed by atoms with Gasteiger partial charge in [-0.2, -0.15) is 0 Å². The van der Waals surface area contributed by atoms with E-state index < -0.39 is 6.09 Å². The summed E-state index contributed by atoms with van der Waals surface area (Å²) in [5.41, 5.74) is 2.08. The highest BCUT2D eigenvalue weighted by Crippen LogP contribution is 2.34. The Kier molecular flexibility index (Phi) is 5.25. The quantitative estimate of drug-likeness (QED) is 0.549. The summed E-state index contributed by atoms with van der Waals surface area (Å²) in [6.45, 7) is 2.54. The second-order valence-electron chi connectivity index (χ2n) is 8.72. The molecule has 0 bridgehead atoms. The van der Waals surface area contributed by atoms with Crippen molar-refractivity contribution >= 4 is 40.1 Å². The summed E-state index contributed by atoms with van der Waals surface area (Å²) in [6.07, 6.45) is 0.898. The number of nitrogens with one attached hydrogen (secondary N) is 2. The fourth-order valence-corrected chi connectivity index (χ4v) is 4.56. The maximum Gasteiger partial charge on any atom is 0.414 e. The van der Waals surface area contributed by atoms with Crippen molar-refractivity contribution in [3.8, 4) is 11.5 Å². The average molecular weight is 476 g/mol. The minimum Gasteiger partial charge on any atom is -0.497 e. The van der Waals surface area contributed by atoms with Crippen LogP contribution in [0.3, 0.4) is 0 Å². The predicted molar refractivity (Wildman–Crippen MR) is 128 cm³/mol. The van der Waals surface area contributed by atoms with Crippen LogP contribution in [0.1, 0.15) is 0 Å². The lowest BCUT2D eigenvalue weighted by Gasteiger charge is -2.41. The Morgan fingerprint density at radius 2 is 2.03 bits per heavy atom. The predicted octanol–water partition coefficient (Wildman–Crippen LogP) is 1.77. The normalized spacial score (nSPS) is 19.6. The number of cyclic esters (lactones) is 1. The van der Waals surface area contributed by atoms with Crippen LogP contribution in [-0.4, -0.2) is 74.0 Å². The Bertz CT molecular complexity index is 1310. The number of anilines is 3. The number of hydrogen-bond acceptors (Lipinski definition) is 9. The summed E-state index contributed by atoms with van der Waals surface area (Å²) in [5.74, 6) is 2.02. The van der Waals surface area contributed by atoms with E-state index in [-0.39, 0.29) is 24.7 Å². The molecule has 35 heavy (non-hydrogen) atoms. The first-order chi connectivity index (χ1) is 17.1. The van der Waals surface area contributed by atoms with Crippen molar-refractivity contribution < 1.29 is 23.8 Å². The molecule has 0 aliphatic carbocycles. The van der Waals surface area contributed by atoms with E-state index in [4.69, 9.17) is 14.2 Å². The molecule has 3 aliphatic heterocycles. The monoisotopic (exact) mass is 476 g/mol. The number of rotatable bonds is 6. The lowest BCUT2D eigenvalue weighted by molar-refractivity contribution is -0.118. The van der Waals surface area contributed by atoms with Gasteiger partial charge in [-0.05, 0) is 36.4 Å². The molecule has 3 aliphatic rings. The van der Waals surface area contributed by atoms with Gasteiger partial charge >= 0.3 is 6.09 Å². The summed E-state index contributed by atoms with van der Waals surface area (Å²) in [6, 6.07) is 11.3. The smallest absolute Gasteiger partial charge is 0.414 e. The second kappa shape index (κ2) is 8.58. The number of carbonyl (C=O) groups is 2. The van der Waals surface area contributed by atoms with Crippen molar-refractivity contribution in [3.05, 3.63) is 42.7 Å². The van der Waals surface area contributed by atoms with E-state index in [1.807, 2.05) is 18.2 Å². The van der Waals surface area contributed by atoms with Crippen LogP contribution in [0.2, 0.25) is 0 Å². The van der Waals surface area contributed by atoms with Gasteiger partial charge in [0, 0.05) is 36.7 Å². The van der Waals surface area contributed by atoms with Gasteiger partial charge in [0.2, 0.25) is 0 Å². The molecule has 0 unspecified atom stereocenters. The molecule has 180 valence electrons. The van der Waals surface area contributed by atoms with E-state index in [2.05, 4.69) is 25.5 Å². The number of nitrogens with zero attached hydrogens (tertiary/aromatic N) is 4. The van der Waals surface area contributed by atoms with Crippen LogP contribution in [0.4, 0.5) is 22.0 Å². The third kappa shape index (κ3) is 4.03. The number of aromatic nitrogens is 2. The molecule has 1 aromatic heterocycles. The highest BCUT2D eigenvalue weighted by molar-refractivity contribution is 5.97. The highest BCUT2D eigenvalue weighted by Gasteiger charge is 2.35. The standard InChI is InChI=1S/C24H24N6O5/c1-33-16-3-4-19-18(7-16)23(27-13-26-19)29-9-14(10-29)25-8-17-11-30(24(32)35-17)15-2-5-21-20(6-15)28-22(31)12-34-21/h2-7,13-14,17,25H,8-12H2,1H3,(H,28,31)/t17-/m1/s1. The Morgan fingerprint density at radius 3 is 2.89 bits per heavy atom. The third-order valence-electron chi connectivity index (χ3n) is 6.42. The SMILES string of the molecule is COc1ccc2ncnc(N3CC(NC[C@@H]4CN(c5ccc6c(c5)NC(=O)CO6)C(=O)O4)C3)c2c1. The van der Waals surface area contributed by atoms with Crippen molar-refractivity contribution in [3.63, 3.8) is 0 Å². The molecule has 2 aromatic carbocycles. The number of benzene rings is 2. The number of hydrogen-bond donors (Lipinski definition) is 2. The molecule has 2 fully saturated rings. The number of amides is 2. The van der Waals surface area contributed by atoms with Crippen LogP contribution in [-0.2, 0) is 9.53 Å². The molecule has 6 rings (SSSR count). The van der Waals surface area contributed by atoms with Crippen LogP contribution in [0.25, 0.3) is 10.9 Å². The van der Waals surface area contributed by atoms with Crippen LogP contribution in [0.15, 0.2) is 42.7 Å². The summed E-state index contributed by atoms with van der Waals surface area (Å²) >= 11 is 0.